The van der Waals surface area contributed by atoms with Gasteiger partial charge >= 0.3 is 17.1 Å². The van der Waals surface area contributed by atoms with Crippen LogP contribution in [0.25, 0.3) is 0 Å². The van der Waals surface area contributed by atoms with Crippen LogP contribution >= 0.6 is 0 Å². The van der Waals surface area contributed by atoms with Gasteiger partial charge in [-0.1, -0.05) is 0 Å². The molecule has 0 spiro atoms. The Kier molecular flexibility index (Phi) is 1310. The van der Waals surface area contributed by atoms with E-state index in [2.05, 4.69) is 0 Å². The summed E-state index contributed by atoms with van der Waals surface area (Å²) in [5.74, 6) is 0. The van der Waals surface area contributed by atoms with E-state index in [4.69, 9.17) is 0 Å². The van der Waals surface area contributed by atoms with Gasteiger partial charge in [0.25, 0.3) is 0 Å². The monoisotopic (exact) mass is 123 g/mol. The van der Waals surface area contributed by atoms with Crippen molar-refractivity contribution in [2.45, 2.75) is 0 Å². The molecule has 0 N–H and O–H groups in total. The summed E-state index contributed by atoms with van der Waals surface area (Å²) in [4.78, 5) is 0. The van der Waals surface area contributed by atoms with E-state index in [0.29, 0.717) is 0 Å². The van der Waals surface area contributed by atoms with Crippen LogP contribution in [0.1, 0.15) is 0 Å². The number of hydrogen-bond donors (Lipinski definition) is 0. The molecule has 7 radical (unpaired) electrons. The molecule has 0 atom stereocenters. The molecule has 4 heteroatoms. The number of hydrogen-bond acceptors (Lipinski definition) is 0. The first-order valence-corrected chi connectivity index (χ1v) is 0. The summed E-state index contributed by atoms with van der Waals surface area (Å²) in [6.45, 7) is 0. The summed E-state index contributed by atoms with van der Waals surface area (Å²) < 4.78 is 0. The fourth-order valence-electron chi connectivity index (χ4n) is 0. The molecule has 4 heavy (non-hydrogen) atoms. The van der Waals surface area contributed by atoms with Gasteiger partial charge in [0, 0.05) is 12.3 Å². The SMILES string of the molecule is [Cu+2].[N].[N].[S-2]. The Hall–Kier alpha value is 0.789. The van der Waals surface area contributed by atoms with Crippen LogP contribution in [0.3, 0.4) is 0 Å². The van der Waals surface area contributed by atoms with Crippen LogP contribution in [0.4, 0.5) is 0 Å². The Balaban J connectivity index is 0. The van der Waals surface area contributed by atoms with Crippen LogP contribution in [0.15, 0.2) is 0 Å². The van der Waals surface area contributed by atoms with Gasteiger partial charge in [0.2, 0.25) is 0 Å². The van der Waals surface area contributed by atoms with Crippen molar-refractivity contribution in [1.29, 1.82) is 0 Å². The molecule has 0 aromatic carbocycles. The molecule has 0 heterocycles. The van der Waals surface area contributed by atoms with Crippen LogP contribution in [0.2, 0.25) is 0 Å². The van der Waals surface area contributed by atoms with E-state index in [9.17, 15) is 0 Å². The van der Waals surface area contributed by atoms with Gasteiger partial charge in [0.15, 0.2) is 0 Å². The van der Waals surface area contributed by atoms with Crippen molar-refractivity contribution in [2.75, 3.05) is 0 Å². The molecule has 0 aromatic rings. The second-order valence-corrected chi connectivity index (χ2v) is 0. The van der Waals surface area contributed by atoms with Gasteiger partial charge in [-0.2, -0.15) is 0 Å². The molecule has 0 aliphatic rings. The molecule has 0 rings (SSSR count). The van der Waals surface area contributed by atoms with Gasteiger partial charge in [-0.15, -0.1) is 0 Å². The third kappa shape index (κ3) is 14.3. The largest absolute Gasteiger partial charge is 2.00 e. The maximum atomic E-state index is 0. The van der Waals surface area contributed by atoms with Crippen molar-refractivity contribution in [1.82, 2.24) is 12.3 Å². The molecule has 27 valence electrons. The quantitative estimate of drug-likeness (QED) is 0.373. The van der Waals surface area contributed by atoms with Gasteiger partial charge in [0.05, 0.1) is 0 Å². The summed E-state index contributed by atoms with van der Waals surface area (Å²) in [6.07, 6.45) is 0. The average Bonchev–Trinajstić information content (AvgIpc) is 0. The predicted octanol–water partition coefficient (Wildman–Crippen LogP) is -0.966. The molecule has 0 bridgehead atoms. The molecule has 2 nitrogen and oxygen atoms in total. The summed E-state index contributed by atoms with van der Waals surface area (Å²) >= 11 is 0. The molecule has 0 aliphatic heterocycles. The Morgan fingerprint density at radius 2 is 0.750 bits per heavy atom. The predicted molar refractivity (Wildman–Crippen MR) is 11.6 cm³/mol. The molecule has 0 amide bonds. The molecule has 0 unspecified atom stereocenters. The fourth-order valence-corrected chi connectivity index (χ4v) is 0. The second-order valence-electron chi connectivity index (χ2n) is 0. The Labute approximate surface area is 43.4 Å². The van der Waals surface area contributed by atoms with E-state index < -0.39 is 0 Å². The third-order valence-electron chi connectivity index (χ3n) is 0. The van der Waals surface area contributed by atoms with Crippen molar-refractivity contribution in [3.8, 4) is 0 Å². The minimum absolute atomic E-state index is 0. The summed E-state index contributed by atoms with van der Waals surface area (Å²) in [5, 5.41) is 0. The van der Waals surface area contributed by atoms with Crippen LogP contribution in [0, 0.1) is 0 Å². The van der Waals surface area contributed by atoms with Gasteiger partial charge in [0.1, 0.15) is 0 Å². The molecule has 0 aromatic heterocycles. The zero-order valence-electron chi connectivity index (χ0n) is 1.60. The maximum Gasteiger partial charge on any atom is 2.00 e. The van der Waals surface area contributed by atoms with Crippen molar-refractivity contribution in [3.63, 3.8) is 0 Å². The van der Waals surface area contributed by atoms with Crippen LogP contribution < -0.4 is 12.3 Å². The van der Waals surface area contributed by atoms with E-state index in [1.807, 2.05) is 0 Å². The molecular formula is CuN2S. The van der Waals surface area contributed by atoms with Gasteiger partial charge in [-0.25, -0.2) is 0 Å². The van der Waals surface area contributed by atoms with Crippen LogP contribution in [0.5, 0.6) is 0 Å². The first kappa shape index (κ1) is 110. The molecule has 0 fully saturated rings. The van der Waals surface area contributed by atoms with E-state index >= 15 is 0 Å². The third-order valence-corrected chi connectivity index (χ3v) is 0. The molecule has 0 aliphatic carbocycles. The van der Waals surface area contributed by atoms with Gasteiger partial charge in [-0.05, 0) is 0 Å². The van der Waals surface area contributed by atoms with Crippen LogP contribution in [-0.2, 0) is 30.6 Å². The zero-order chi connectivity index (χ0) is 0. The van der Waals surface area contributed by atoms with Gasteiger partial charge in [-0.3, -0.25) is 0 Å². The standard InChI is InChI=1S/Cu.2N.S/q+2;;;-2. The molecular weight excluding hydrogens is 124 g/mol. The van der Waals surface area contributed by atoms with Crippen molar-refractivity contribution < 1.29 is 17.1 Å². The summed E-state index contributed by atoms with van der Waals surface area (Å²) in [6, 6.07) is 0. The Morgan fingerprint density at radius 1 is 0.750 bits per heavy atom. The molecule has 0 saturated carbocycles. The van der Waals surface area contributed by atoms with Crippen molar-refractivity contribution in [2.24, 2.45) is 0 Å². The number of rotatable bonds is 0. The first-order valence-electron chi connectivity index (χ1n) is 0. The topological polar surface area (TPSA) is 61.0 Å². The first-order chi connectivity index (χ1) is 0. The Morgan fingerprint density at radius 3 is 0.750 bits per heavy atom. The fraction of sp³-hybridized carbons (Fsp3) is 0. The van der Waals surface area contributed by atoms with Crippen LogP contribution in [-0.4, -0.2) is 0 Å². The normalized spacial score (nSPS) is 0. The Bertz CT molecular complexity index is 6.00. The maximum absolute atomic E-state index is 0. The number of nitrogens with zero attached hydrogens (tertiary/aromatic N) is 2. The van der Waals surface area contributed by atoms with Crippen molar-refractivity contribution >= 4 is 13.5 Å². The average molecular weight is 124 g/mol. The van der Waals surface area contributed by atoms with Gasteiger partial charge < -0.3 is 13.5 Å². The summed E-state index contributed by atoms with van der Waals surface area (Å²) in [7, 11) is 0. The smallest absolute Gasteiger partial charge is 2.00 e. The minimum Gasteiger partial charge on any atom is -2.00 e. The van der Waals surface area contributed by atoms with E-state index in [0.717, 1.165) is 0 Å². The minimum atomic E-state index is 0. The summed E-state index contributed by atoms with van der Waals surface area (Å²) in [5.41, 5.74) is 0. The zero-order valence-corrected chi connectivity index (χ0v) is 3.36. The van der Waals surface area contributed by atoms with Crippen molar-refractivity contribution in [3.05, 3.63) is 0 Å². The van der Waals surface area contributed by atoms with E-state index in [1.54, 1.807) is 0 Å². The second kappa shape index (κ2) is 47.3. The van der Waals surface area contributed by atoms with E-state index in [-0.39, 0.29) is 42.9 Å². The van der Waals surface area contributed by atoms with E-state index in [1.165, 1.54) is 0 Å². The molecule has 0 saturated heterocycles.